The number of aryl methyl sites for hydroxylation is 1. The van der Waals surface area contributed by atoms with Gasteiger partial charge in [0.05, 0.1) is 25.0 Å². The number of nitrogens with zero attached hydrogens (tertiary/aromatic N) is 2. The van der Waals surface area contributed by atoms with Crippen molar-refractivity contribution in [1.29, 1.82) is 0 Å². The zero-order valence-corrected chi connectivity index (χ0v) is 15.9. The standard InChI is InChI=1S/C17H18F3N3O3S/c1-5-26-15(24)13-9(2)21-16(27-4)23-14(13)22-10-6-7-12(25-3)11(8-10)17(18,19)20/h6-8H,5H2,1-4H3,(H,21,22,23). The highest BCUT2D eigenvalue weighted by atomic mass is 32.2. The van der Waals surface area contributed by atoms with E-state index in [4.69, 9.17) is 9.47 Å². The molecule has 1 aromatic heterocycles. The summed E-state index contributed by atoms with van der Waals surface area (Å²) in [6.07, 6.45) is -2.85. The van der Waals surface area contributed by atoms with Gasteiger partial charge in [0.25, 0.3) is 0 Å². The Bertz CT molecular complexity index is 844. The van der Waals surface area contributed by atoms with Crippen molar-refractivity contribution in [1.82, 2.24) is 9.97 Å². The minimum Gasteiger partial charge on any atom is -0.496 e. The zero-order chi connectivity index (χ0) is 20.2. The largest absolute Gasteiger partial charge is 0.496 e. The Morgan fingerprint density at radius 3 is 2.56 bits per heavy atom. The first-order valence-electron chi connectivity index (χ1n) is 7.83. The van der Waals surface area contributed by atoms with Crippen molar-refractivity contribution in [3.8, 4) is 5.75 Å². The molecule has 1 N–H and O–H groups in total. The van der Waals surface area contributed by atoms with Crippen molar-refractivity contribution >= 4 is 29.2 Å². The van der Waals surface area contributed by atoms with Crippen LogP contribution in [0, 0.1) is 6.92 Å². The third-order valence-corrected chi connectivity index (χ3v) is 4.05. The Morgan fingerprint density at radius 1 is 1.30 bits per heavy atom. The summed E-state index contributed by atoms with van der Waals surface area (Å²) in [7, 11) is 1.16. The van der Waals surface area contributed by atoms with Crippen molar-refractivity contribution < 1.29 is 27.4 Å². The van der Waals surface area contributed by atoms with Crippen LogP contribution in [-0.2, 0) is 10.9 Å². The second-order valence-electron chi connectivity index (χ2n) is 5.28. The second-order valence-corrected chi connectivity index (χ2v) is 6.05. The van der Waals surface area contributed by atoms with Crippen LogP contribution in [0.3, 0.4) is 0 Å². The van der Waals surface area contributed by atoms with E-state index < -0.39 is 17.7 Å². The maximum absolute atomic E-state index is 13.2. The summed E-state index contributed by atoms with van der Waals surface area (Å²) in [6.45, 7) is 3.40. The highest BCUT2D eigenvalue weighted by molar-refractivity contribution is 7.98. The van der Waals surface area contributed by atoms with E-state index in [9.17, 15) is 18.0 Å². The van der Waals surface area contributed by atoms with E-state index in [2.05, 4.69) is 15.3 Å². The summed E-state index contributed by atoms with van der Waals surface area (Å²) >= 11 is 1.24. The molecule has 10 heteroatoms. The number of carbonyl (C=O) groups excluding carboxylic acids is 1. The molecule has 0 saturated heterocycles. The van der Waals surface area contributed by atoms with Crippen LogP contribution in [-0.4, -0.2) is 35.9 Å². The average molecular weight is 401 g/mol. The van der Waals surface area contributed by atoms with Gasteiger partial charge < -0.3 is 14.8 Å². The molecule has 1 aromatic carbocycles. The number of benzene rings is 1. The topological polar surface area (TPSA) is 73.3 Å². The number of aromatic nitrogens is 2. The van der Waals surface area contributed by atoms with E-state index in [0.717, 1.165) is 13.2 Å². The fourth-order valence-corrected chi connectivity index (χ4v) is 2.73. The first-order valence-corrected chi connectivity index (χ1v) is 9.05. The highest BCUT2D eigenvalue weighted by Crippen LogP contribution is 2.38. The lowest BCUT2D eigenvalue weighted by molar-refractivity contribution is -0.138. The summed E-state index contributed by atoms with van der Waals surface area (Å²) in [6, 6.07) is 3.49. The van der Waals surface area contributed by atoms with Crippen LogP contribution in [0.4, 0.5) is 24.7 Å². The molecule has 0 amide bonds. The van der Waals surface area contributed by atoms with Crippen molar-refractivity contribution in [2.24, 2.45) is 0 Å². The molecule has 0 spiro atoms. The Kier molecular flexibility index (Phi) is 6.53. The molecule has 0 aliphatic heterocycles. The minimum absolute atomic E-state index is 0.0685. The lowest BCUT2D eigenvalue weighted by Crippen LogP contribution is -2.14. The summed E-state index contributed by atoms with van der Waals surface area (Å²) in [5.41, 5.74) is -0.415. The molecule has 1 heterocycles. The van der Waals surface area contributed by atoms with Gasteiger partial charge in [0.15, 0.2) is 5.16 Å². The van der Waals surface area contributed by atoms with Crippen LogP contribution < -0.4 is 10.1 Å². The van der Waals surface area contributed by atoms with E-state index in [1.165, 1.54) is 23.9 Å². The van der Waals surface area contributed by atoms with Crippen LogP contribution in [0.25, 0.3) is 0 Å². The monoisotopic (exact) mass is 401 g/mol. The minimum atomic E-state index is -4.60. The highest BCUT2D eigenvalue weighted by Gasteiger charge is 2.34. The molecule has 2 aromatic rings. The molecule has 27 heavy (non-hydrogen) atoms. The van der Waals surface area contributed by atoms with Crippen LogP contribution in [0.2, 0.25) is 0 Å². The second kappa shape index (κ2) is 8.47. The van der Waals surface area contributed by atoms with Gasteiger partial charge in [-0.15, -0.1) is 0 Å². The van der Waals surface area contributed by atoms with Crippen molar-refractivity contribution in [2.75, 3.05) is 25.3 Å². The van der Waals surface area contributed by atoms with E-state index in [1.807, 2.05) is 0 Å². The van der Waals surface area contributed by atoms with Crippen LogP contribution in [0.15, 0.2) is 23.4 Å². The number of ether oxygens (including phenoxy) is 2. The predicted octanol–water partition coefficient (Wildman–Crippen LogP) is 4.45. The molecule has 146 valence electrons. The van der Waals surface area contributed by atoms with Crippen molar-refractivity contribution in [2.45, 2.75) is 25.2 Å². The Hall–Kier alpha value is -2.49. The van der Waals surface area contributed by atoms with Crippen LogP contribution in [0.1, 0.15) is 28.5 Å². The maximum Gasteiger partial charge on any atom is 0.420 e. The van der Waals surface area contributed by atoms with Gasteiger partial charge in [-0.05, 0) is 38.3 Å². The molecule has 0 aliphatic rings. The number of alkyl halides is 3. The van der Waals surface area contributed by atoms with Gasteiger partial charge in [-0.1, -0.05) is 11.8 Å². The number of anilines is 2. The Morgan fingerprint density at radius 2 is 2.00 bits per heavy atom. The number of rotatable bonds is 6. The van der Waals surface area contributed by atoms with E-state index in [-0.39, 0.29) is 29.4 Å². The van der Waals surface area contributed by atoms with Gasteiger partial charge in [-0.2, -0.15) is 13.2 Å². The Labute approximate surface area is 158 Å². The van der Waals surface area contributed by atoms with Crippen molar-refractivity contribution in [3.05, 3.63) is 35.0 Å². The fraction of sp³-hybridized carbons (Fsp3) is 0.353. The molecule has 0 fully saturated rings. The van der Waals surface area contributed by atoms with E-state index in [1.54, 1.807) is 20.1 Å². The van der Waals surface area contributed by atoms with Crippen LogP contribution in [0.5, 0.6) is 5.75 Å². The normalized spacial score (nSPS) is 11.2. The SMILES string of the molecule is CCOC(=O)c1c(C)nc(SC)nc1Nc1ccc(OC)c(C(F)(F)F)c1. The lowest BCUT2D eigenvalue weighted by atomic mass is 10.1. The first-order chi connectivity index (χ1) is 12.7. The number of nitrogens with one attached hydrogen (secondary N) is 1. The van der Waals surface area contributed by atoms with Gasteiger partial charge in [-0.3, -0.25) is 0 Å². The number of halogens is 3. The third-order valence-electron chi connectivity index (χ3n) is 3.50. The molecule has 0 saturated carbocycles. The number of thioether (sulfide) groups is 1. The number of hydrogen-bond acceptors (Lipinski definition) is 7. The van der Waals surface area contributed by atoms with E-state index >= 15 is 0 Å². The third kappa shape index (κ3) is 4.82. The average Bonchev–Trinajstić information content (AvgIpc) is 2.60. The summed E-state index contributed by atoms with van der Waals surface area (Å²) in [5, 5.41) is 3.14. The number of hydrogen-bond donors (Lipinski definition) is 1. The molecule has 0 bridgehead atoms. The fourth-order valence-electron chi connectivity index (χ4n) is 2.32. The summed E-state index contributed by atoms with van der Waals surface area (Å²) < 4.78 is 49.5. The lowest BCUT2D eigenvalue weighted by Gasteiger charge is -2.16. The molecule has 2 rings (SSSR count). The molecule has 0 unspecified atom stereocenters. The van der Waals surface area contributed by atoms with Gasteiger partial charge in [0.2, 0.25) is 0 Å². The molecule has 0 aliphatic carbocycles. The number of esters is 1. The predicted molar refractivity (Wildman–Crippen MR) is 95.8 cm³/mol. The van der Waals surface area contributed by atoms with Gasteiger partial charge in [0, 0.05) is 5.69 Å². The van der Waals surface area contributed by atoms with Gasteiger partial charge >= 0.3 is 12.1 Å². The molecule has 0 radical (unpaired) electrons. The smallest absolute Gasteiger partial charge is 0.420 e. The number of methoxy groups -OCH3 is 1. The van der Waals surface area contributed by atoms with Crippen LogP contribution >= 0.6 is 11.8 Å². The maximum atomic E-state index is 13.2. The van der Waals surface area contributed by atoms with Gasteiger partial charge in [-0.25, -0.2) is 14.8 Å². The quantitative estimate of drug-likeness (QED) is 0.435. The van der Waals surface area contributed by atoms with Gasteiger partial charge in [0.1, 0.15) is 17.1 Å². The molecular formula is C17H18F3N3O3S. The summed E-state index contributed by atoms with van der Waals surface area (Å²) in [4.78, 5) is 20.7. The summed E-state index contributed by atoms with van der Waals surface area (Å²) in [5.74, 6) is -0.888. The van der Waals surface area contributed by atoms with Crippen molar-refractivity contribution in [3.63, 3.8) is 0 Å². The number of carbonyl (C=O) groups is 1. The van der Waals surface area contributed by atoms with E-state index in [0.29, 0.717) is 10.9 Å². The molecular weight excluding hydrogens is 383 g/mol. The molecule has 6 nitrogen and oxygen atoms in total. The zero-order valence-electron chi connectivity index (χ0n) is 15.1. The first kappa shape index (κ1) is 20.8. The Balaban J connectivity index is 2.53. The molecule has 0 atom stereocenters.